The molecule has 0 saturated carbocycles. The Kier molecular flexibility index (Phi) is 3.10. The summed E-state index contributed by atoms with van der Waals surface area (Å²) < 4.78 is 20.9. The first-order chi connectivity index (χ1) is 8.09. The summed E-state index contributed by atoms with van der Waals surface area (Å²) in [4.78, 5) is 12.2. The molecule has 0 aliphatic carbocycles. The van der Waals surface area contributed by atoms with Gasteiger partial charge in [0.25, 0.3) is 0 Å². The molecule has 1 atom stereocenters. The third-order valence-corrected chi connectivity index (χ3v) is 3.83. The van der Waals surface area contributed by atoms with Crippen molar-refractivity contribution in [2.45, 2.75) is 4.90 Å². The normalized spacial score (nSPS) is 13.9. The lowest BCUT2D eigenvalue weighted by Gasteiger charge is -2.02. The number of furan rings is 1. The van der Waals surface area contributed by atoms with Crippen LogP contribution >= 0.6 is 0 Å². The number of hydrogen-bond donors (Lipinski definition) is 0. The van der Waals surface area contributed by atoms with E-state index in [0.717, 1.165) is 0 Å². The smallest absolute Gasteiger partial charge is 0.320 e. The minimum Gasteiger partial charge on any atom is -0.459 e. The average Bonchev–Trinajstić information content (AvgIpc) is 2.83. The highest BCUT2D eigenvalue weighted by molar-refractivity contribution is 7.93. The molecule has 2 aromatic rings. The zero-order valence-corrected chi connectivity index (χ0v) is 10.0. The minimum absolute atomic E-state index is 0.0931. The van der Waals surface area contributed by atoms with Crippen molar-refractivity contribution in [2.24, 2.45) is 4.36 Å². The van der Waals surface area contributed by atoms with Crippen molar-refractivity contribution in [3.63, 3.8) is 0 Å². The summed E-state index contributed by atoms with van der Waals surface area (Å²) in [7, 11) is -2.72. The van der Waals surface area contributed by atoms with E-state index >= 15 is 0 Å². The highest BCUT2D eigenvalue weighted by Crippen LogP contribution is 2.12. The maximum atomic E-state index is 12.3. The Hall–Kier alpha value is -1.88. The maximum Gasteiger partial charge on any atom is 0.320 e. The molecule has 17 heavy (non-hydrogen) atoms. The van der Waals surface area contributed by atoms with Crippen LogP contribution in [0.1, 0.15) is 10.6 Å². The molecule has 1 heterocycles. The lowest BCUT2D eigenvalue weighted by molar-refractivity contribution is 0.0978. The number of rotatable bonds is 2. The summed E-state index contributed by atoms with van der Waals surface area (Å²) in [6.45, 7) is 0. The fourth-order valence-electron chi connectivity index (χ4n) is 1.33. The van der Waals surface area contributed by atoms with Crippen LogP contribution in [-0.2, 0) is 9.73 Å². The van der Waals surface area contributed by atoms with Crippen LogP contribution in [0, 0.1) is 0 Å². The lowest BCUT2D eigenvalue weighted by atomic mass is 10.4. The number of amides is 1. The van der Waals surface area contributed by atoms with Crippen molar-refractivity contribution in [3.8, 4) is 0 Å². The molecule has 1 unspecified atom stereocenters. The summed E-state index contributed by atoms with van der Waals surface area (Å²) in [6.07, 6.45) is 2.81. The zero-order valence-electron chi connectivity index (χ0n) is 9.20. The maximum absolute atomic E-state index is 12.3. The lowest BCUT2D eigenvalue weighted by Crippen LogP contribution is -2.02. The second kappa shape index (κ2) is 4.55. The van der Waals surface area contributed by atoms with Crippen molar-refractivity contribution >= 4 is 15.6 Å². The monoisotopic (exact) mass is 249 g/mol. The van der Waals surface area contributed by atoms with Gasteiger partial charge >= 0.3 is 5.91 Å². The Morgan fingerprint density at radius 2 is 1.88 bits per heavy atom. The third kappa shape index (κ3) is 2.62. The van der Waals surface area contributed by atoms with Crippen LogP contribution in [0.3, 0.4) is 0 Å². The zero-order chi connectivity index (χ0) is 12.3. The molecule has 2 rings (SSSR count). The Bertz CT molecular complexity index is 623. The largest absolute Gasteiger partial charge is 0.459 e. The van der Waals surface area contributed by atoms with E-state index in [4.69, 9.17) is 4.42 Å². The second-order valence-corrected chi connectivity index (χ2v) is 5.75. The van der Waals surface area contributed by atoms with Crippen molar-refractivity contribution in [2.75, 3.05) is 6.26 Å². The summed E-state index contributed by atoms with van der Waals surface area (Å²) in [5.41, 5.74) is 0. The molecule has 88 valence electrons. The molecule has 4 nitrogen and oxygen atoms in total. The van der Waals surface area contributed by atoms with Gasteiger partial charge < -0.3 is 4.42 Å². The first-order valence-corrected chi connectivity index (χ1v) is 6.87. The van der Waals surface area contributed by atoms with E-state index in [-0.39, 0.29) is 5.76 Å². The van der Waals surface area contributed by atoms with Crippen molar-refractivity contribution in [1.82, 2.24) is 0 Å². The van der Waals surface area contributed by atoms with Gasteiger partial charge in [0.1, 0.15) is 0 Å². The van der Waals surface area contributed by atoms with Gasteiger partial charge in [-0.2, -0.15) is 4.36 Å². The highest BCUT2D eigenvalue weighted by atomic mass is 32.2. The van der Waals surface area contributed by atoms with Gasteiger partial charge in [-0.05, 0) is 24.3 Å². The van der Waals surface area contributed by atoms with E-state index in [1.54, 1.807) is 30.3 Å². The molecule has 1 aromatic carbocycles. The molecule has 0 radical (unpaired) electrons. The molecule has 0 aliphatic rings. The van der Waals surface area contributed by atoms with E-state index < -0.39 is 15.6 Å². The minimum atomic E-state index is -2.72. The molecule has 0 saturated heterocycles. The number of carbonyl (C=O) groups excluding carboxylic acids is 1. The van der Waals surface area contributed by atoms with Crippen molar-refractivity contribution in [3.05, 3.63) is 54.5 Å². The first-order valence-electron chi connectivity index (χ1n) is 4.95. The molecule has 0 N–H and O–H groups in total. The summed E-state index contributed by atoms with van der Waals surface area (Å²) in [6, 6.07) is 11.8. The number of benzene rings is 1. The molecular formula is C12H11NO3S. The predicted molar refractivity (Wildman–Crippen MR) is 64.2 cm³/mol. The fraction of sp³-hybridized carbons (Fsp3) is 0.0833. The molecule has 1 amide bonds. The van der Waals surface area contributed by atoms with Crippen LogP contribution in [-0.4, -0.2) is 16.4 Å². The molecular weight excluding hydrogens is 238 g/mol. The predicted octanol–water partition coefficient (Wildman–Crippen LogP) is 2.58. The summed E-state index contributed by atoms with van der Waals surface area (Å²) >= 11 is 0. The van der Waals surface area contributed by atoms with Gasteiger partial charge in [-0.15, -0.1) is 0 Å². The second-order valence-electron chi connectivity index (χ2n) is 3.49. The van der Waals surface area contributed by atoms with E-state index in [2.05, 4.69) is 4.36 Å². The molecule has 0 bridgehead atoms. The Labute approximate surface area is 99.5 Å². The number of carbonyl (C=O) groups is 1. The number of nitrogens with zero attached hydrogens (tertiary/aromatic N) is 1. The van der Waals surface area contributed by atoms with Gasteiger partial charge in [-0.25, -0.2) is 4.21 Å². The van der Waals surface area contributed by atoms with E-state index in [0.29, 0.717) is 4.90 Å². The quantitative estimate of drug-likeness (QED) is 0.821. The molecule has 0 aliphatic heterocycles. The Balaban J connectivity index is 2.40. The van der Waals surface area contributed by atoms with Crippen molar-refractivity contribution in [1.29, 1.82) is 0 Å². The summed E-state index contributed by atoms with van der Waals surface area (Å²) in [5, 5.41) is 0. The van der Waals surface area contributed by atoms with Crippen molar-refractivity contribution < 1.29 is 13.4 Å². The Morgan fingerprint density at radius 1 is 1.18 bits per heavy atom. The van der Waals surface area contributed by atoms with E-state index in [1.165, 1.54) is 18.6 Å². The Morgan fingerprint density at radius 3 is 2.47 bits per heavy atom. The van der Waals surface area contributed by atoms with Gasteiger partial charge in [0, 0.05) is 11.2 Å². The SMILES string of the molecule is CS(=O)(=NC(=O)c1ccco1)c1ccccc1. The fourth-order valence-corrected chi connectivity index (χ4v) is 2.50. The highest BCUT2D eigenvalue weighted by Gasteiger charge is 2.12. The van der Waals surface area contributed by atoms with Crippen LogP contribution in [0.2, 0.25) is 0 Å². The van der Waals surface area contributed by atoms with Gasteiger partial charge in [0.05, 0.1) is 16.0 Å². The van der Waals surface area contributed by atoms with E-state index in [1.807, 2.05) is 6.07 Å². The van der Waals surface area contributed by atoms with Gasteiger partial charge in [0.15, 0.2) is 5.76 Å². The molecule has 0 spiro atoms. The third-order valence-electron chi connectivity index (χ3n) is 2.17. The van der Waals surface area contributed by atoms with Crippen LogP contribution < -0.4 is 0 Å². The average molecular weight is 249 g/mol. The van der Waals surface area contributed by atoms with Crippen LogP contribution in [0.5, 0.6) is 0 Å². The number of hydrogen-bond acceptors (Lipinski definition) is 3. The summed E-state index contributed by atoms with van der Waals surface area (Å²) in [5.74, 6) is -0.512. The molecule has 0 fully saturated rings. The van der Waals surface area contributed by atoms with Gasteiger partial charge in [-0.1, -0.05) is 18.2 Å². The molecule has 1 aromatic heterocycles. The topological polar surface area (TPSA) is 59.6 Å². The van der Waals surface area contributed by atoms with Crippen LogP contribution in [0.15, 0.2) is 62.4 Å². The molecule has 5 heteroatoms. The first kappa shape index (κ1) is 11.6. The van der Waals surface area contributed by atoms with Gasteiger partial charge in [-0.3, -0.25) is 4.79 Å². The standard InChI is InChI=1S/C12H11NO3S/c1-17(15,10-6-3-2-4-7-10)13-12(14)11-8-5-9-16-11/h2-9H,1H3. The van der Waals surface area contributed by atoms with Crippen LogP contribution in [0.4, 0.5) is 0 Å². The van der Waals surface area contributed by atoms with E-state index in [9.17, 15) is 9.00 Å². The van der Waals surface area contributed by atoms with Gasteiger partial charge in [0.2, 0.25) is 0 Å². The van der Waals surface area contributed by atoms with Crippen LogP contribution in [0.25, 0.3) is 0 Å².